The number of benzene rings is 1. The SMILES string of the molecule is Cc1cccc(F)c1NC(=O)CCC1CCCNC1. The van der Waals surface area contributed by atoms with Crippen LogP contribution in [0, 0.1) is 18.7 Å². The van der Waals surface area contributed by atoms with Gasteiger partial charge >= 0.3 is 0 Å². The van der Waals surface area contributed by atoms with E-state index in [1.807, 2.05) is 0 Å². The molecule has 0 spiro atoms. The van der Waals surface area contributed by atoms with Gasteiger partial charge in [0.05, 0.1) is 5.69 Å². The maximum atomic E-state index is 13.6. The third-order valence-corrected chi connectivity index (χ3v) is 3.66. The van der Waals surface area contributed by atoms with E-state index in [4.69, 9.17) is 0 Å². The maximum Gasteiger partial charge on any atom is 0.224 e. The number of piperidine rings is 1. The van der Waals surface area contributed by atoms with Crippen molar-refractivity contribution in [1.29, 1.82) is 0 Å². The smallest absolute Gasteiger partial charge is 0.224 e. The average molecular weight is 264 g/mol. The molecule has 1 amide bonds. The van der Waals surface area contributed by atoms with Gasteiger partial charge in [-0.25, -0.2) is 4.39 Å². The topological polar surface area (TPSA) is 41.1 Å². The molecule has 1 aliphatic rings. The second kappa shape index (κ2) is 6.66. The molecule has 19 heavy (non-hydrogen) atoms. The summed E-state index contributed by atoms with van der Waals surface area (Å²) in [5.74, 6) is 0.104. The number of amides is 1. The van der Waals surface area contributed by atoms with Gasteiger partial charge in [0, 0.05) is 6.42 Å². The zero-order chi connectivity index (χ0) is 13.7. The fourth-order valence-electron chi connectivity index (χ4n) is 2.50. The number of nitrogens with one attached hydrogen (secondary N) is 2. The quantitative estimate of drug-likeness (QED) is 0.878. The summed E-state index contributed by atoms with van der Waals surface area (Å²) in [5.41, 5.74) is 1.07. The highest BCUT2D eigenvalue weighted by molar-refractivity contribution is 5.91. The molecule has 1 fully saturated rings. The average Bonchev–Trinajstić information content (AvgIpc) is 2.42. The summed E-state index contributed by atoms with van der Waals surface area (Å²) in [7, 11) is 0. The Hall–Kier alpha value is -1.42. The van der Waals surface area contributed by atoms with Crippen molar-refractivity contribution >= 4 is 11.6 Å². The largest absolute Gasteiger partial charge is 0.323 e. The van der Waals surface area contributed by atoms with Crippen molar-refractivity contribution in [2.24, 2.45) is 5.92 Å². The molecule has 0 saturated carbocycles. The van der Waals surface area contributed by atoms with Crippen molar-refractivity contribution < 1.29 is 9.18 Å². The number of carbonyl (C=O) groups excluding carboxylic acids is 1. The van der Waals surface area contributed by atoms with Crippen molar-refractivity contribution in [1.82, 2.24) is 5.32 Å². The lowest BCUT2D eigenvalue weighted by atomic mass is 9.94. The van der Waals surface area contributed by atoms with E-state index in [9.17, 15) is 9.18 Å². The molecule has 3 nitrogen and oxygen atoms in total. The normalized spacial score (nSPS) is 19.2. The Bertz CT molecular complexity index is 422. The molecule has 1 aromatic carbocycles. The van der Waals surface area contributed by atoms with E-state index < -0.39 is 0 Å². The van der Waals surface area contributed by atoms with Crippen molar-refractivity contribution in [2.45, 2.75) is 32.6 Å². The van der Waals surface area contributed by atoms with Gasteiger partial charge in [0.15, 0.2) is 0 Å². The van der Waals surface area contributed by atoms with E-state index >= 15 is 0 Å². The van der Waals surface area contributed by atoms with Crippen LogP contribution in [-0.2, 0) is 4.79 Å². The highest BCUT2D eigenvalue weighted by Gasteiger charge is 2.15. The van der Waals surface area contributed by atoms with Crippen LogP contribution < -0.4 is 10.6 Å². The molecule has 0 radical (unpaired) electrons. The minimum absolute atomic E-state index is 0.0984. The second-order valence-corrected chi connectivity index (χ2v) is 5.23. The van der Waals surface area contributed by atoms with E-state index in [1.54, 1.807) is 19.1 Å². The summed E-state index contributed by atoms with van der Waals surface area (Å²) in [4.78, 5) is 11.9. The molecule has 4 heteroatoms. The first-order valence-electron chi connectivity index (χ1n) is 6.92. The minimum atomic E-state index is -0.368. The molecule has 1 heterocycles. The van der Waals surface area contributed by atoms with Crippen LogP contribution in [0.4, 0.5) is 10.1 Å². The molecule has 0 aliphatic carbocycles. The van der Waals surface area contributed by atoms with E-state index in [0.29, 0.717) is 18.0 Å². The summed E-state index contributed by atoms with van der Waals surface area (Å²) in [6, 6.07) is 4.81. The van der Waals surface area contributed by atoms with Crippen LogP contribution in [0.15, 0.2) is 18.2 Å². The van der Waals surface area contributed by atoms with Crippen molar-refractivity contribution in [3.63, 3.8) is 0 Å². The predicted molar refractivity (Wildman–Crippen MR) is 74.6 cm³/mol. The van der Waals surface area contributed by atoms with Crippen LogP contribution in [0.1, 0.15) is 31.2 Å². The molecular formula is C15H21FN2O. The van der Waals surface area contributed by atoms with Crippen molar-refractivity contribution in [3.05, 3.63) is 29.6 Å². The second-order valence-electron chi connectivity index (χ2n) is 5.23. The Balaban J connectivity index is 1.83. The highest BCUT2D eigenvalue weighted by atomic mass is 19.1. The first kappa shape index (κ1) is 14.0. The van der Waals surface area contributed by atoms with Crippen LogP contribution in [0.25, 0.3) is 0 Å². The lowest BCUT2D eigenvalue weighted by Crippen LogP contribution is -2.30. The molecule has 2 N–H and O–H groups in total. The molecule has 1 aromatic rings. The van der Waals surface area contributed by atoms with Crippen LogP contribution >= 0.6 is 0 Å². The monoisotopic (exact) mass is 264 g/mol. The number of hydrogen-bond donors (Lipinski definition) is 2. The van der Waals surface area contributed by atoms with Gasteiger partial charge in [-0.1, -0.05) is 12.1 Å². The fourth-order valence-corrected chi connectivity index (χ4v) is 2.50. The summed E-state index contributed by atoms with van der Waals surface area (Å²) < 4.78 is 13.6. The van der Waals surface area contributed by atoms with Gasteiger partial charge in [-0.05, 0) is 56.8 Å². The van der Waals surface area contributed by atoms with Gasteiger partial charge in [0.1, 0.15) is 5.82 Å². The number of anilines is 1. The Morgan fingerprint density at radius 3 is 3.05 bits per heavy atom. The van der Waals surface area contributed by atoms with Crippen LogP contribution in [0.2, 0.25) is 0 Å². The molecule has 1 aliphatic heterocycles. The first-order valence-corrected chi connectivity index (χ1v) is 6.92. The van der Waals surface area contributed by atoms with Gasteiger partial charge < -0.3 is 10.6 Å². The Morgan fingerprint density at radius 2 is 2.37 bits per heavy atom. The van der Waals surface area contributed by atoms with Gasteiger partial charge in [-0.15, -0.1) is 0 Å². The lowest BCUT2D eigenvalue weighted by Gasteiger charge is -2.22. The summed E-state index contributed by atoms with van der Waals surface area (Å²) >= 11 is 0. The third kappa shape index (κ3) is 4.03. The predicted octanol–water partition coefficient (Wildman–Crippen LogP) is 2.85. The van der Waals surface area contributed by atoms with Gasteiger partial charge in [0.25, 0.3) is 0 Å². The summed E-state index contributed by atoms with van der Waals surface area (Å²) in [6.07, 6.45) is 3.68. The Kier molecular flexibility index (Phi) is 4.91. The van der Waals surface area contributed by atoms with E-state index in [2.05, 4.69) is 10.6 Å². The zero-order valence-corrected chi connectivity index (χ0v) is 11.3. The molecular weight excluding hydrogens is 243 g/mol. The number of hydrogen-bond acceptors (Lipinski definition) is 2. The standard InChI is InChI=1S/C15H21FN2O/c1-11-4-2-6-13(16)15(11)18-14(19)8-7-12-5-3-9-17-10-12/h2,4,6,12,17H,3,5,7-10H2,1H3,(H,18,19). The molecule has 2 rings (SSSR count). The fraction of sp³-hybridized carbons (Fsp3) is 0.533. The van der Waals surface area contributed by atoms with E-state index in [1.165, 1.54) is 18.9 Å². The number of aryl methyl sites for hydroxylation is 1. The van der Waals surface area contributed by atoms with Gasteiger partial charge in [0.2, 0.25) is 5.91 Å². The Morgan fingerprint density at radius 1 is 1.53 bits per heavy atom. The van der Waals surface area contributed by atoms with Crippen molar-refractivity contribution in [3.8, 4) is 0 Å². The minimum Gasteiger partial charge on any atom is -0.323 e. The molecule has 0 aromatic heterocycles. The summed E-state index contributed by atoms with van der Waals surface area (Å²) in [6.45, 7) is 3.87. The zero-order valence-electron chi connectivity index (χ0n) is 11.3. The lowest BCUT2D eigenvalue weighted by molar-refractivity contribution is -0.116. The van der Waals surface area contributed by atoms with Crippen LogP contribution in [-0.4, -0.2) is 19.0 Å². The molecule has 1 atom stereocenters. The number of para-hydroxylation sites is 1. The van der Waals surface area contributed by atoms with E-state index in [0.717, 1.165) is 25.1 Å². The molecule has 104 valence electrons. The summed E-state index contributed by atoms with van der Waals surface area (Å²) in [5, 5.41) is 6.02. The van der Waals surface area contributed by atoms with E-state index in [-0.39, 0.29) is 11.7 Å². The van der Waals surface area contributed by atoms with Crippen LogP contribution in [0.3, 0.4) is 0 Å². The maximum absolute atomic E-state index is 13.6. The third-order valence-electron chi connectivity index (χ3n) is 3.66. The highest BCUT2D eigenvalue weighted by Crippen LogP contribution is 2.20. The van der Waals surface area contributed by atoms with Gasteiger partial charge in [-0.2, -0.15) is 0 Å². The number of rotatable bonds is 4. The van der Waals surface area contributed by atoms with Crippen molar-refractivity contribution in [2.75, 3.05) is 18.4 Å². The molecule has 1 unspecified atom stereocenters. The molecule has 1 saturated heterocycles. The first-order chi connectivity index (χ1) is 9.16. The van der Waals surface area contributed by atoms with Gasteiger partial charge in [-0.3, -0.25) is 4.79 Å². The number of halogens is 1. The van der Waals surface area contributed by atoms with Crippen LogP contribution in [0.5, 0.6) is 0 Å². The number of carbonyl (C=O) groups is 1. The Labute approximate surface area is 113 Å². The molecule has 0 bridgehead atoms.